The van der Waals surface area contributed by atoms with E-state index in [1.54, 1.807) is 4.52 Å². The molecule has 0 saturated heterocycles. The summed E-state index contributed by atoms with van der Waals surface area (Å²) < 4.78 is 8.82. The van der Waals surface area contributed by atoms with Crippen LogP contribution in [0.5, 0.6) is 0 Å². The van der Waals surface area contributed by atoms with Crippen molar-refractivity contribution in [3.8, 4) is 22.2 Å². The van der Waals surface area contributed by atoms with Crippen molar-refractivity contribution in [3.63, 3.8) is 0 Å². The highest BCUT2D eigenvalue weighted by Gasteiger charge is 2.17. The van der Waals surface area contributed by atoms with Crippen LogP contribution in [0.15, 0.2) is 59.0 Å². The van der Waals surface area contributed by atoms with Crippen LogP contribution in [0.2, 0.25) is 0 Å². The Kier molecular flexibility index (Phi) is 3.17. The zero-order valence-corrected chi connectivity index (χ0v) is 15.2. The fraction of sp³-hybridized carbons (Fsp3) is 0. The molecule has 7 heteroatoms. The first-order valence-corrected chi connectivity index (χ1v) is 9.14. The van der Waals surface area contributed by atoms with Crippen LogP contribution >= 0.6 is 33.9 Å². The molecule has 0 aliphatic carbocycles. The predicted molar refractivity (Wildman–Crippen MR) is 102 cm³/mol. The summed E-state index contributed by atoms with van der Waals surface area (Å²) in [6, 6.07) is 18.1. The van der Waals surface area contributed by atoms with E-state index >= 15 is 0 Å². The number of furan rings is 1. The minimum Gasteiger partial charge on any atom is -0.453 e. The van der Waals surface area contributed by atoms with Crippen molar-refractivity contribution in [1.29, 1.82) is 0 Å². The van der Waals surface area contributed by atoms with Crippen LogP contribution in [0.4, 0.5) is 0 Å². The maximum absolute atomic E-state index is 5.89. The number of aromatic nitrogens is 4. The predicted octanol–water partition coefficient (Wildman–Crippen LogP) is 4.87. The summed E-state index contributed by atoms with van der Waals surface area (Å²) in [4.78, 5) is 0.749. The summed E-state index contributed by atoms with van der Waals surface area (Å²) in [5.41, 5.74) is 1.91. The monoisotopic (exact) mass is 444 g/mol. The van der Waals surface area contributed by atoms with Gasteiger partial charge in [-0.2, -0.15) is 9.61 Å². The summed E-state index contributed by atoms with van der Waals surface area (Å²) >= 11 is 3.81. The lowest BCUT2D eigenvalue weighted by Crippen LogP contribution is -1.89. The van der Waals surface area contributed by atoms with Crippen molar-refractivity contribution in [1.82, 2.24) is 19.8 Å². The molecule has 0 amide bonds. The highest BCUT2D eigenvalue weighted by molar-refractivity contribution is 14.1. The van der Waals surface area contributed by atoms with Crippen molar-refractivity contribution in [2.24, 2.45) is 0 Å². The first-order chi connectivity index (χ1) is 11.8. The van der Waals surface area contributed by atoms with Crippen LogP contribution < -0.4 is 0 Å². The summed E-state index contributed by atoms with van der Waals surface area (Å²) in [5, 5.41) is 15.1. The summed E-state index contributed by atoms with van der Waals surface area (Å²) in [5.74, 6) is 1.29. The Labute approximate surface area is 154 Å². The Morgan fingerprint density at radius 2 is 1.92 bits per heavy atom. The fourth-order valence-corrected chi connectivity index (χ4v) is 3.98. The highest BCUT2D eigenvalue weighted by atomic mass is 127. The second-order valence-corrected chi connectivity index (χ2v) is 7.49. The summed E-state index contributed by atoms with van der Waals surface area (Å²) in [6.07, 6.45) is 0. The maximum atomic E-state index is 5.89. The Morgan fingerprint density at radius 3 is 2.79 bits per heavy atom. The Bertz CT molecular complexity index is 1160. The molecule has 0 bridgehead atoms. The number of hydrogen-bond donors (Lipinski definition) is 0. The van der Waals surface area contributed by atoms with Gasteiger partial charge in [-0.05, 0) is 46.9 Å². The van der Waals surface area contributed by atoms with Crippen molar-refractivity contribution in [2.75, 3.05) is 0 Å². The SMILES string of the molecule is Ic1cccc(-c2nn3c(-c4cc5ccccc5o4)nnc3s2)c1. The molecule has 0 aliphatic rings. The molecule has 0 radical (unpaired) electrons. The van der Waals surface area contributed by atoms with Gasteiger partial charge < -0.3 is 4.42 Å². The molecule has 0 saturated carbocycles. The zero-order chi connectivity index (χ0) is 16.1. The van der Waals surface area contributed by atoms with Crippen LogP contribution in [0.3, 0.4) is 0 Å². The highest BCUT2D eigenvalue weighted by Crippen LogP contribution is 2.31. The lowest BCUT2D eigenvalue weighted by molar-refractivity contribution is 0.622. The standard InChI is InChI=1S/C17H9IN4OS/c18-12-6-3-5-11(8-12)16-21-22-15(19-20-17(22)24-16)14-9-10-4-1-2-7-13(10)23-14/h1-9H. The normalized spacial score (nSPS) is 11.5. The molecule has 0 unspecified atom stereocenters. The molecule has 3 heterocycles. The van der Waals surface area contributed by atoms with Crippen molar-refractivity contribution >= 4 is 49.9 Å². The Hall–Kier alpha value is -2.26. The van der Waals surface area contributed by atoms with Crippen LogP contribution in [-0.2, 0) is 0 Å². The number of halogens is 1. The van der Waals surface area contributed by atoms with Gasteiger partial charge in [-0.3, -0.25) is 0 Å². The third-order valence-corrected chi connectivity index (χ3v) is 5.33. The van der Waals surface area contributed by atoms with Gasteiger partial charge in [0, 0.05) is 14.5 Å². The largest absolute Gasteiger partial charge is 0.453 e. The van der Waals surface area contributed by atoms with Crippen LogP contribution in [0, 0.1) is 3.57 Å². The van der Waals surface area contributed by atoms with Crippen molar-refractivity contribution in [3.05, 3.63) is 58.2 Å². The van der Waals surface area contributed by atoms with Crippen LogP contribution in [-0.4, -0.2) is 19.8 Å². The van der Waals surface area contributed by atoms with E-state index in [9.17, 15) is 0 Å². The molecule has 0 atom stereocenters. The second kappa shape index (κ2) is 5.38. The minimum atomic E-state index is 0.620. The lowest BCUT2D eigenvalue weighted by Gasteiger charge is -1.95. The van der Waals surface area contributed by atoms with Gasteiger partial charge in [-0.1, -0.05) is 41.7 Å². The van der Waals surface area contributed by atoms with Crippen molar-refractivity contribution < 1.29 is 4.42 Å². The molecule has 0 spiro atoms. The van der Waals surface area contributed by atoms with Gasteiger partial charge in [-0.25, -0.2) is 0 Å². The van der Waals surface area contributed by atoms with Gasteiger partial charge in [-0.15, -0.1) is 10.2 Å². The molecule has 24 heavy (non-hydrogen) atoms. The maximum Gasteiger partial charge on any atom is 0.235 e. The molecule has 5 nitrogen and oxygen atoms in total. The number of fused-ring (bicyclic) bond motifs is 2. The van der Waals surface area contributed by atoms with E-state index in [1.165, 1.54) is 14.9 Å². The molecule has 3 aromatic heterocycles. The molecule has 0 aliphatic heterocycles. The van der Waals surface area contributed by atoms with Crippen LogP contribution in [0.25, 0.3) is 38.1 Å². The first-order valence-electron chi connectivity index (χ1n) is 7.25. The van der Waals surface area contributed by atoms with Gasteiger partial charge in [0.2, 0.25) is 10.8 Å². The molecule has 0 fully saturated rings. The number of para-hydroxylation sites is 1. The molecular formula is C17H9IN4OS. The Balaban J connectivity index is 1.67. The first kappa shape index (κ1) is 14.1. The molecule has 2 aromatic carbocycles. The van der Waals surface area contributed by atoms with Crippen LogP contribution in [0.1, 0.15) is 0 Å². The quantitative estimate of drug-likeness (QED) is 0.365. The topological polar surface area (TPSA) is 56.2 Å². The van der Waals surface area contributed by atoms with E-state index < -0.39 is 0 Å². The molecule has 5 rings (SSSR count). The van der Waals surface area contributed by atoms with E-state index in [4.69, 9.17) is 4.42 Å². The average Bonchev–Trinajstić information content (AvgIpc) is 3.27. The van der Waals surface area contributed by atoms with Gasteiger partial charge in [0.1, 0.15) is 10.6 Å². The molecule has 5 aromatic rings. The molecule has 0 N–H and O–H groups in total. The number of nitrogens with zero attached hydrogens (tertiary/aromatic N) is 4. The number of hydrogen-bond acceptors (Lipinski definition) is 5. The molecule has 116 valence electrons. The van der Waals surface area contributed by atoms with Gasteiger partial charge in [0.05, 0.1) is 0 Å². The second-order valence-electron chi connectivity index (χ2n) is 5.28. The molecular weight excluding hydrogens is 435 g/mol. The van der Waals surface area contributed by atoms with Crippen molar-refractivity contribution in [2.45, 2.75) is 0 Å². The smallest absolute Gasteiger partial charge is 0.235 e. The van der Waals surface area contributed by atoms with Gasteiger partial charge in [0.25, 0.3) is 0 Å². The lowest BCUT2D eigenvalue weighted by atomic mass is 10.2. The minimum absolute atomic E-state index is 0.620. The van der Waals surface area contributed by atoms with Gasteiger partial charge >= 0.3 is 0 Å². The van der Waals surface area contributed by atoms with E-state index in [2.05, 4.69) is 56.1 Å². The zero-order valence-electron chi connectivity index (χ0n) is 12.2. The van der Waals surface area contributed by atoms with E-state index in [0.29, 0.717) is 11.6 Å². The summed E-state index contributed by atoms with van der Waals surface area (Å²) in [6.45, 7) is 0. The number of rotatable bonds is 2. The fourth-order valence-electron chi connectivity index (χ4n) is 2.60. The average molecular weight is 444 g/mol. The number of benzene rings is 2. The van der Waals surface area contributed by atoms with E-state index in [1.807, 2.05) is 36.4 Å². The van der Waals surface area contributed by atoms with Gasteiger partial charge in [0.15, 0.2) is 5.76 Å². The third kappa shape index (κ3) is 2.23. The van der Waals surface area contributed by atoms with E-state index in [-0.39, 0.29) is 0 Å². The Morgan fingerprint density at radius 1 is 1.00 bits per heavy atom. The third-order valence-electron chi connectivity index (χ3n) is 3.71. The summed E-state index contributed by atoms with van der Waals surface area (Å²) in [7, 11) is 0. The van der Waals surface area contributed by atoms with E-state index in [0.717, 1.165) is 26.5 Å².